The molecule has 7 aliphatic carbocycles. The zero-order valence-corrected chi connectivity index (χ0v) is 90.9. The molecule has 7 aliphatic rings. The normalized spacial score (nSPS) is 15.8. The maximum atomic E-state index is 7.44. The molecule has 0 fully saturated rings. The van der Waals surface area contributed by atoms with E-state index < -0.39 is 16.2 Å². The summed E-state index contributed by atoms with van der Waals surface area (Å²) >= 11 is 0. The first kappa shape index (κ1) is 95.8. The predicted molar refractivity (Wildman–Crippen MR) is 630 cm³/mol. The van der Waals surface area contributed by atoms with Crippen LogP contribution in [0.25, 0.3) is 166 Å². The fourth-order valence-electron chi connectivity index (χ4n) is 29.8. The minimum atomic E-state index is -0.453. The van der Waals surface area contributed by atoms with Crippen LogP contribution in [0, 0.1) is 0 Å². The Morgan fingerprint density at radius 1 is 0.223 bits per heavy atom. The first-order valence-electron chi connectivity index (χ1n) is 57.1. The molecule has 0 atom stereocenters. The summed E-state index contributed by atoms with van der Waals surface area (Å²) in [6, 6.07) is 116. The van der Waals surface area contributed by atoms with Gasteiger partial charge in [-0.3, -0.25) is 0 Å². The van der Waals surface area contributed by atoms with Crippen LogP contribution in [0.4, 0.5) is 17.1 Å². The van der Waals surface area contributed by atoms with Gasteiger partial charge in [-0.2, -0.15) is 0 Å². The van der Waals surface area contributed by atoms with Crippen LogP contribution in [0.2, 0.25) is 0 Å². The van der Waals surface area contributed by atoms with E-state index >= 15 is 0 Å². The lowest BCUT2D eigenvalue weighted by molar-refractivity contribution is 0.399. The molecular formula is C145H147NO2. The van der Waals surface area contributed by atoms with Crippen LogP contribution in [0.15, 0.2) is 300 Å². The quantitative estimate of drug-likeness (QED) is 0.0406. The maximum absolute atomic E-state index is 7.44. The van der Waals surface area contributed by atoms with Crippen LogP contribution in [0.3, 0.4) is 0 Å². The number of nitrogens with zero attached hydrogens (tertiary/aromatic N) is 1. The Morgan fingerprint density at radius 3 is 0.946 bits per heavy atom. The summed E-state index contributed by atoms with van der Waals surface area (Å²) in [6.07, 6.45) is 30.8. The standard InChI is InChI=1S/C145H147NO2/c1-18-22-26-30-42-76-144(77-43-31-27-23-19-2)115-50-38-34-46-101(115)107-70-57-94(84-124(107)144)91-55-68-104-103-67-54-90(80-117(103)139(8,9)118(104)81-91)93-59-73-111-121(83-93)142(14,15)135-133(111)137-132(113-49-37-41-53-128(113)148-137)130-110-75-66-100(88-123(110)143(16,17)134(130)135)146(98-63-61-97(62-64-98)138(5,6)7)99-65-74-109-122(87-99)141(12,13)126-89-114(136-131(129(109)126)112-48-36-40-52-127(112)147-136)96-60-72-106-105-69-56-92(82-119(105)140(10,11)120(106)86-96)95-58-71-108-102-47-35-39-51-116(102)145(125(108)85-95,78-44-32-28-24-20-3)79-45-33-29-25-21-4/h34-41,46-75,80-89H,18-33,42-45,76-79H2,1-17H3. The fourth-order valence-corrected chi connectivity index (χ4v) is 29.8. The molecule has 0 amide bonds. The Morgan fingerprint density at radius 2 is 0.520 bits per heavy atom. The van der Waals surface area contributed by atoms with Crippen molar-refractivity contribution in [1.82, 2.24) is 0 Å². The number of benzene rings is 16. The molecule has 25 rings (SSSR count). The van der Waals surface area contributed by atoms with Crippen molar-refractivity contribution in [1.29, 1.82) is 0 Å². The largest absolute Gasteiger partial charge is 0.455 e. The summed E-state index contributed by atoms with van der Waals surface area (Å²) in [5, 5.41) is 4.70. The van der Waals surface area contributed by atoms with E-state index in [0.717, 1.165) is 55.7 Å². The van der Waals surface area contributed by atoms with Gasteiger partial charge >= 0.3 is 0 Å². The molecule has 16 aromatic carbocycles. The first-order chi connectivity index (χ1) is 71.6. The molecule has 2 aromatic heterocycles. The highest BCUT2D eigenvalue weighted by atomic mass is 16.3. The van der Waals surface area contributed by atoms with Crippen molar-refractivity contribution in [2.24, 2.45) is 0 Å². The van der Waals surface area contributed by atoms with Gasteiger partial charge in [0.05, 0.1) is 0 Å². The van der Waals surface area contributed by atoms with Gasteiger partial charge in [-0.1, -0.05) is 440 Å². The van der Waals surface area contributed by atoms with Gasteiger partial charge in [0, 0.05) is 87.6 Å². The van der Waals surface area contributed by atoms with Gasteiger partial charge in [0.1, 0.15) is 22.3 Å². The van der Waals surface area contributed by atoms with Crippen LogP contribution in [-0.4, -0.2) is 0 Å². The van der Waals surface area contributed by atoms with E-state index in [1.165, 1.54) is 343 Å². The van der Waals surface area contributed by atoms with Crippen molar-refractivity contribution in [3.63, 3.8) is 0 Å². The van der Waals surface area contributed by atoms with E-state index in [0.29, 0.717) is 0 Å². The van der Waals surface area contributed by atoms with Gasteiger partial charge in [0.25, 0.3) is 0 Å². The molecule has 3 nitrogen and oxygen atoms in total. The summed E-state index contributed by atoms with van der Waals surface area (Å²) in [6.45, 7) is 41.2. The zero-order valence-electron chi connectivity index (χ0n) is 90.9. The highest BCUT2D eigenvalue weighted by Gasteiger charge is 2.52. The molecule has 3 heteroatoms. The average molecular weight is 1940 g/mol. The van der Waals surface area contributed by atoms with Gasteiger partial charge < -0.3 is 13.7 Å². The van der Waals surface area contributed by atoms with Crippen LogP contribution in [0.1, 0.15) is 355 Å². The molecular weight excluding hydrogens is 1790 g/mol. The van der Waals surface area contributed by atoms with E-state index in [1.54, 1.807) is 22.3 Å². The van der Waals surface area contributed by atoms with E-state index in [1.807, 2.05) is 0 Å². The molecule has 0 N–H and O–H groups in total. The van der Waals surface area contributed by atoms with Crippen LogP contribution in [-0.2, 0) is 43.3 Å². The summed E-state index contributed by atoms with van der Waals surface area (Å²) in [4.78, 5) is 2.56. The maximum Gasteiger partial charge on any atom is 0.144 e. The Kier molecular flexibility index (Phi) is 23.4. The van der Waals surface area contributed by atoms with Crippen molar-refractivity contribution in [3.8, 4) is 122 Å². The topological polar surface area (TPSA) is 29.5 Å². The Bertz CT molecular complexity index is 8380. The molecule has 0 saturated carbocycles. The first-order valence-corrected chi connectivity index (χ1v) is 57.1. The van der Waals surface area contributed by atoms with Crippen molar-refractivity contribution in [2.45, 2.75) is 315 Å². The molecule has 148 heavy (non-hydrogen) atoms. The minimum absolute atomic E-state index is 0.0169. The van der Waals surface area contributed by atoms with Gasteiger partial charge in [-0.05, 0) is 323 Å². The molecule has 0 saturated heterocycles. The van der Waals surface area contributed by atoms with E-state index in [-0.39, 0.29) is 27.1 Å². The van der Waals surface area contributed by atoms with Crippen molar-refractivity contribution in [2.75, 3.05) is 4.90 Å². The average Bonchev–Trinajstić information content (AvgIpc) is 1.49. The molecule has 0 radical (unpaired) electrons. The SMILES string of the molecule is CCCCCCCC1(CCCCCCC)c2ccccc2-c2ccc(-c3ccc4c(c3)C(C)(C)c3cc(-c5ccc6c(c5)C(C)(C)c5c7c(c8c(oc9ccccc98)c5-6)-c5ccc(N(c6ccc(C(C)(C)C)cc6)c6ccc8c(c6)C(C)(C)c6cc(-c9ccc%10c(c9)C(C)(C)c9cc(-c%11ccc%12c(c%11)C(CCCCCCC)(CCCCCCC)c%11ccccc%11-%12)ccc9-%10)c9oc%10ccccc%10c9c6-8)cc5C7(C)C)ccc3-4)cc21. The summed E-state index contributed by atoms with van der Waals surface area (Å²) < 4.78 is 14.8. The molecule has 0 aliphatic heterocycles. The number of para-hydroxylation sites is 2. The number of hydrogen-bond donors (Lipinski definition) is 0. The number of furan rings is 2. The molecule has 744 valence electrons. The lowest BCUT2D eigenvalue weighted by atomic mass is 9.70. The Labute approximate surface area is 880 Å². The van der Waals surface area contributed by atoms with Gasteiger partial charge in [-0.25, -0.2) is 0 Å². The highest BCUT2D eigenvalue weighted by Crippen LogP contribution is 2.67. The van der Waals surface area contributed by atoms with Gasteiger partial charge in [-0.15, -0.1) is 0 Å². The van der Waals surface area contributed by atoms with Gasteiger partial charge in [0.15, 0.2) is 0 Å². The lowest BCUT2D eigenvalue weighted by Crippen LogP contribution is -2.25. The zero-order chi connectivity index (χ0) is 102. The predicted octanol–water partition coefficient (Wildman–Crippen LogP) is 42.4. The number of hydrogen-bond acceptors (Lipinski definition) is 3. The fraction of sp³-hybridized carbons (Fsp3) is 0.338. The monoisotopic (exact) mass is 1930 g/mol. The van der Waals surface area contributed by atoms with Crippen molar-refractivity contribution < 1.29 is 8.83 Å². The van der Waals surface area contributed by atoms with E-state index in [9.17, 15) is 0 Å². The molecule has 18 aromatic rings. The second kappa shape index (κ2) is 36.1. The molecule has 0 spiro atoms. The second-order valence-corrected chi connectivity index (χ2v) is 49.4. The second-order valence-electron chi connectivity index (χ2n) is 49.4. The molecule has 0 unspecified atom stereocenters. The smallest absolute Gasteiger partial charge is 0.144 e. The van der Waals surface area contributed by atoms with E-state index in [2.05, 4.69) is 414 Å². The molecule has 2 heterocycles. The third kappa shape index (κ3) is 14.8. The number of fused-ring (bicyclic) bond motifs is 31. The minimum Gasteiger partial charge on any atom is -0.455 e. The summed E-state index contributed by atoms with van der Waals surface area (Å²) in [5.74, 6) is 0. The lowest BCUT2D eigenvalue weighted by Gasteiger charge is -2.33. The summed E-state index contributed by atoms with van der Waals surface area (Å²) in [7, 11) is 0. The number of unbranched alkanes of at least 4 members (excludes halogenated alkanes) is 16. The van der Waals surface area contributed by atoms with Crippen LogP contribution < -0.4 is 4.90 Å². The van der Waals surface area contributed by atoms with E-state index in [4.69, 9.17) is 8.83 Å². The Balaban J connectivity index is 0.546. The van der Waals surface area contributed by atoms with Crippen molar-refractivity contribution in [3.05, 3.63) is 375 Å². The third-order valence-electron chi connectivity index (χ3n) is 37.8. The Hall–Kier alpha value is -13.1. The number of anilines is 3. The van der Waals surface area contributed by atoms with Crippen LogP contribution in [0.5, 0.6) is 0 Å². The van der Waals surface area contributed by atoms with Crippen molar-refractivity contribution >= 4 is 60.9 Å². The highest BCUT2D eigenvalue weighted by molar-refractivity contribution is 6.22. The summed E-state index contributed by atoms with van der Waals surface area (Å²) in [5.41, 5.74) is 55.3. The van der Waals surface area contributed by atoms with Crippen LogP contribution >= 0.6 is 0 Å². The number of rotatable bonds is 31. The molecule has 0 bridgehead atoms. The third-order valence-corrected chi connectivity index (χ3v) is 37.8. The van der Waals surface area contributed by atoms with Gasteiger partial charge in [0.2, 0.25) is 0 Å².